The summed E-state index contributed by atoms with van der Waals surface area (Å²) in [5.41, 5.74) is 1.34. The Morgan fingerprint density at radius 2 is 1.58 bits per heavy atom. The maximum Gasteiger partial charge on any atom is 0.115 e. The summed E-state index contributed by atoms with van der Waals surface area (Å²) < 4.78 is 0. The van der Waals surface area contributed by atoms with Gasteiger partial charge in [-0.15, -0.1) is 0 Å². The first kappa shape index (κ1) is 9.33. The third-order valence-electron chi connectivity index (χ3n) is 1.67. The van der Waals surface area contributed by atoms with Gasteiger partial charge in [0, 0.05) is 8.07 Å². The van der Waals surface area contributed by atoms with Crippen molar-refractivity contribution in [2.45, 2.75) is 25.7 Å². The van der Waals surface area contributed by atoms with Gasteiger partial charge >= 0.3 is 0 Å². The third kappa shape index (κ3) is 3.09. The molecule has 0 heterocycles. The zero-order valence-electron chi connectivity index (χ0n) is 7.96. The lowest BCUT2D eigenvalue weighted by atomic mass is 10.2. The minimum atomic E-state index is -0.997. The molecule has 12 heavy (non-hydrogen) atoms. The number of benzene rings is 1. The van der Waals surface area contributed by atoms with Crippen LogP contribution in [0.4, 0.5) is 0 Å². The second-order valence-corrected chi connectivity index (χ2v) is 9.88. The van der Waals surface area contributed by atoms with E-state index in [1.165, 1.54) is 11.6 Å². The lowest BCUT2D eigenvalue weighted by Crippen LogP contribution is -2.23. The van der Waals surface area contributed by atoms with Crippen molar-refractivity contribution in [3.05, 3.63) is 29.8 Å². The summed E-state index contributed by atoms with van der Waals surface area (Å²) in [5, 5.41) is 9.07. The molecule has 2 heteroatoms. The van der Waals surface area contributed by atoms with E-state index in [4.69, 9.17) is 5.11 Å². The highest BCUT2D eigenvalue weighted by Gasteiger charge is 2.13. The van der Waals surface area contributed by atoms with Gasteiger partial charge in [-0.05, 0) is 18.2 Å². The maximum absolute atomic E-state index is 9.07. The van der Waals surface area contributed by atoms with Crippen LogP contribution in [-0.2, 0) is 6.04 Å². The van der Waals surface area contributed by atoms with Crippen molar-refractivity contribution in [2.24, 2.45) is 0 Å². The molecule has 0 aliphatic rings. The molecule has 0 aromatic heterocycles. The van der Waals surface area contributed by atoms with Gasteiger partial charge in [-0.3, -0.25) is 0 Å². The Morgan fingerprint density at radius 1 is 1.08 bits per heavy atom. The van der Waals surface area contributed by atoms with Gasteiger partial charge in [0.1, 0.15) is 5.75 Å². The molecule has 0 amide bonds. The number of aromatic hydroxyl groups is 1. The smallest absolute Gasteiger partial charge is 0.115 e. The number of hydrogen-bond acceptors (Lipinski definition) is 1. The van der Waals surface area contributed by atoms with Crippen LogP contribution in [0.1, 0.15) is 5.56 Å². The molecule has 0 aliphatic carbocycles. The van der Waals surface area contributed by atoms with E-state index in [1.807, 2.05) is 12.1 Å². The van der Waals surface area contributed by atoms with Crippen LogP contribution in [0.3, 0.4) is 0 Å². The first-order chi connectivity index (χ1) is 5.47. The van der Waals surface area contributed by atoms with E-state index in [1.54, 1.807) is 12.1 Å². The molecule has 0 atom stereocenters. The molecule has 1 N–H and O–H groups in total. The molecular weight excluding hydrogens is 164 g/mol. The van der Waals surface area contributed by atoms with Crippen molar-refractivity contribution in [2.75, 3.05) is 0 Å². The standard InChI is InChI=1S/C10H16OSi/c1-12(2,3)8-9-4-6-10(11)7-5-9/h4-7,11H,8H2,1-3H3. The number of phenols is 1. The Kier molecular flexibility index (Phi) is 2.57. The maximum atomic E-state index is 9.07. The molecule has 1 aromatic rings. The van der Waals surface area contributed by atoms with Crippen LogP contribution in [0.5, 0.6) is 5.75 Å². The van der Waals surface area contributed by atoms with Crippen LogP contribution < -0.4 is 0 Å². The fraction of sp³-hybridized carbons (Fsp3) is 0.400. The van der Waals surface area contributed by atoms with Crippen molar-refractivity contribution in [1.29, 1.82) is 0 Å². The minimum absolute atomic E-state index is 0.356. The Morgan fingerprint density at radius 3 is 2.00 bits per heavy atom. The van der Waals surface area contributed by atoms with Gasteiger partial charge in [0.2, 0.25) is 0 Å². The highest BCUT2D eigenvalue weighted by atomic mass is 28.3. The Hall–Kier alpha value is -0.763. The summed E-state index contributed by atoms with van der Waals surface area (Å²) in [7, 11) is -0.997. The molecule has 1 nitrogen and oxygen atoms in total. The van der Waals surface area contributed by atoms with Gasteiger partial charge in [-0.25, -0.2) is 0 Å². The van der Waals surface area contributed by atoms with Crippen LogP contribution in [-0.4, -0.2) is 13.2 Å². The van der Waals surface area contributed by atoms with E-state index in [2.05, 4.69) is 19.6 Å². The minimum Gasteiger partial charge on any atom is -0.508 e. The lowest BCUT2D eigenvalue weighted by Gasteiger charge is -2.15. The van der Waals surface area contributed by atoms with E-state index < -0.39 is 8.07 Å². The van der Waals surface area contributed by atoms with E-state index in [0.717, 1.165) is 0 Å². The first-order valence-electron chi connectivity index (χ1n) is 4.25. The highest BCUT2D eigenvalue weighted by molar-refractivity contribution is 6.75. The number of phenolic OH excluding ortho intramolecular Hbond substituents is 1. The molecule has 0 spiro atoms. The molecule has 66 valence electrons. The van der Waals surface area contributed by atoms with Crippen LogP contribution in [0.15, 0.2) is 24.3 Å². The summed E-state index contributed by atoms with van der Waals surface area (Å²) >= 11 is 0. The molecular formula is C10H16OSi. The molecule has 0 saturated heterocycles. The molecule has 0 saturated carbocycles. The summed E-state index contributed by atoms with van der Waals surface area (Å²) in [5.74, 6) is 0.356. The first-order valence-corrected chi connectivity index (χ1v) is 7.96. The number of rotatable bonds is 2. The molecule has 0 fully saturated rings. The summed E-state index contributed by atoms with van der Waals surface area (Å²) in [6, 6.07) is 8.72. The van der Waals surface area contributed by atoms with Gasteiger partial charge in [0.05, 0.1) is 0 Å². The van der Waals surface area contributed by atoms with Crippen LogP contribution in [0.25, 0.3) is 0 Å². The largest absolute Gasteiger partial charge is 0.508 e. The third-order valence-corrected chi connectivity index (χ3v) is 3.14. The molecule has 0 aliphatic heterocycles. The van der Waals surface area contributed by atoms with Gasteiger partial charge in [0.15, 0.2) is 0 Å². The van der Waals surface area contributed by atoms with Gasteiger partial charge in [-0.1, -0.05) is 37.3 Å². The van der Waals surface area contributed by atoms with Crippen molar-refractivity contribution >= 4 is 8.07 Å². The predicted octanol–water partition coefficient (Wildman–Crippen LogP) is 2.81. The zero-order valence-corrected chi connectivity index (χ0v) is 8.96. The average molecular weight is 180 g/mol. The molecule has 0 radical (unpaired) electrons. The van der Waals surface area contributed by atoms with E-state index in [9.17, 15) is 0 Å². The molecule has 1 rings (SSSR count). The summed E-state index contributed by atoms with van der Waals surface area (Å²) in [6.45, 7) is 7.04. The van der Waals surface area contributed by atoms with Crippen LogP contribution >= 0.6 is 0 Å². The normalized spacial score (nSPS) is 11.6. The number of hydrogen-bond donors (Lipinski definition) is 1. The second-order valence-electron chi connectivity index (χ2n) is 4.40. The van der Waals surface area contributed by atoms with Gasteiger partial charge < -0.3 is 5.11 Å². The summed E-state index contributed by atoms with van der Waals surface area (Å²) in [4.78, 5) is 0. The zero-order chi connectivity index (χ0) is 9.19. The second kappa shape index (κ2) is 3.31. The molecule has 0 unspecified atom stereocenters. The molecule has 0 bridgehead atoms. The Bertz CT molecular complexity index is 246. The van der Waals surface area contributed by atoms with E-state index in [-0.39, 0.29) is 0 Å². The van der Waals surface area contributed by atoms with Crippen molar-refractivity contribution < 1.29 is 5.11 Å². The van der Waals surface area contributed by atoms with E-state index in [0.29, 0.717) is 5.75 Å². The van der Waals surface area contributed by atoms with Crippen LogP contribution in [0.2, 0.25) is 19.6 Å². The Labute approximate surface area is 75.1 Å². The lowest BCUT2D eigenvalue weighted by molar-refractivity contribution is 0.475. The fourth-order valence-electron chi connectivity index (χ4n) is 1.23. The van der Waals surface area contributed by atoms with Crippen molar-refractivity contribution in [3.63, 3.8) is 0 Å². The van der Waals surface area contributed by atoms with Crippen molar-refractivity contribution in [1.82, 2.24) is 0 Å². The quantitative estimate of drug-likeness (QED) is 0.694. The highest BCUT2D eigenvalue weighted by Crippen LogP contribution is 2.14. The average Bonchev–Trinajstić information content (AvgIpc) is 1.91. The van der Waals surface area contributed by atoms with Crippen molar-refractivity contribution in [3.8, 4) is 5.75 Å². The summed E-state index contributed by atoms with van der Waals surface area (Å²) in [6.07, 6.45) is 0. The monoisotopic (exact) mass is 180 g/mol. The molecule has 1 aromatic carbocycles. The van der Waals surface area contributed by atoms with Gasteiger partial charge in [-0.2, -0.15) is 0 Å². The van der Waals surface area contributed by atoms with Gasteiger partial charge in [0.25, 0.3) is 0 Å². The van der Waals surface area contributed by atoms with E-state index >= 15 is 0 Å². The Balaban J connectivity index is 2.71. The topological polar surface area (TPSA) is 20.2 Å². The fourth-order valence-corrected chi connectivity index (χ4v) is 2.69. The van der Waals surface area contributed by atoms with Crippen LogP contribution in [0, 0.1) is 0 Å². The predicted molar refractivity (Wildman–Crippen MR) is 55.2 cm³/mol. The SMILES string of the molecule is C[Si](C)(C)Cc1ccc(O)cc1.